The Morgan fingerprint density at radius 1 is 1.11 bits per heavy atom. The number of aromatic nitrogens is 1. The molecule has 2 aromatic carbocycles. The van der Waals surface area contributed by atoms with Crippen molar-refractivity contribution in [2.75, 3.05) is 11.4 Å². The Labute approximate surface area is 168 Å². The molecule has 0 radical (unpaired) electrons. The van der Waals surface area contributed by atoms with Gasteiger partial charge in [0.15, 0.2) is 0 Å². The van der Waals surface area contributed by atoms with Crippen molar-refractivity contribution in [3.63, 3.8) is 0 Å². The van der Waals surface area contributed by atoms with Crippen LogP contribution in [0.2, 0.25) is 0 Å². The van der Waals surface area contributed by atoms with Crippen LogP contribution in [0.4, 0.5) is 5.69 Å². The molecule has 6 heteroatoms. The SMILES string of the molecule is Cc1nc(C2=C(O)CN(c3ccc(OCc4ccccc4)cc3)C2=N)sc1C. The highest BCUT2D eigenvalue weighted by Gasteiger charge is 2.31. The molecule has 0 spiro atoms. The quantitative estimate of drug-likeness (QED) is 0.634. The maximum Gasteiger partial charge on any atom is 0.139 e. The van der Waals surface area contributed by atoms with Crippen LogP contribution >= 0.6 is 11.3 Å². The van der Waals surface area contributed by atoms with Crippen LogP contribution in [-0.4, -0.2) is 22.5 Å². The van der Waals surface area contributed by atoms with E-state index in [4.69, 9.17) is 10.1 Å². The number of aliphatic hydroxyl groups excluding tert-OH is 1. The minimum atomic E-state index is 0.183. The number of aryl methyl sites for hydroxylation is 2. The smallest absolute Gasteiger partial charge is 0.139 e. The highest BCUT2D eigenvalue weighted by Crippen LogP contribution is 2.34. The van der Waals surface area contributed by atoms with Crippen LogP contribution in [0.3, 0.4) is 0 Å². The van der Waals surface area contributed by atoms with Crippen LogP contribution in [0.25, 0.3) is 5.57 Å². The largest absolute Gasteiger partial charge is 0.510 e. The van der Waals surface area contributed by atoms with E-state index >= 15 is 0 Å². The van der Waals surface area contributed by atoms with E-state index in [-0.39, 0.29) is 18.1 Å². The molecule has 142 valence electrons. The van der Waals surface area contributed by atoms with Crippen molar-refractivity contribution in [1.29, 1.82) is 5.41 Å². The van der Waals surface area contributed by atoms with Gasteiger partial charge in [0, 0.05) is 10.6 Å². The van der Waals surface area contributed by atoms with Crippen molar-refractivity contribution in [2.45, 2.75) is 20.5 Å². The number of thiazole rings is 1. The zero-order chi connectivity index (χ0) is 19.7. The summed E-state index contributed by atoms with van der Waals surface area (Å²) in [6.07, 6.45) is 0. The Balaban J connectivity index is 1.47. The van der Waals surface area contributed by atoms with Crippen molar-refractivity contribution >= 4 is 28.4 Å². The van der Waals surface area contributed by atoms with Gasteiger partial charge < -0.3 is 14.7 Å². The van der Waals surface area contributed by atoms with E-state index in [1.54, 1.807) is 4.90 Å². The fourth-order valence-corrected chi connectivity index (χ4v) is 4.05. The van der Waals surface area contributed by atoms with E-state index in [0.717, 1.165) is 27.6 Å². The summed E-state index contributed by atoms with van der Waals surface area (Å²) < 4.78 is 5.82. The van der Waals surface area contributed by atoms with Gasteiger partial charge in [0.05, 0.1) is 17.8 Å². The Morgan fingerprint density at radius 3 is 2.46 bits per heavy atom. The second kappa shape index (κ2) is 7.48. The molecule has 0 saturated carbocycles. The summed E-state index contributed by atoms with van der Waals surface area (Å²) in [4.78, 5) is 7.38. The summed E-state index contributed by atoms with van der Waals surface area (Å²) in [5.74, 6) is 1.22. The second-order valence-corrected chi connectivity index (χ2v) is 7.89. The van der Waals surface area contributed by atoms with Crippen LogP contribution in [0.1, 0.15) is 21.1 Å². The third-order valence-electron chi connectivity index (χ3n) is 4.74. The lowest BCUT2D eigenvalue weighted by Crippen LogP contribution is -2.25. The number of ether oxygens (including phenoxy) is 1. The van der Waals surface area contributed by atoms with Gasteiger partial charge in [-0.15, -0.1) is 11.3 Å². The van der Waals surface area contributed by atoms with E-state index in [1.807, 2.05) is 68.4 Å². The average Bonchev–Trinajstić information content (AvgIpc) is 3.19. The second-order valence-electron chi connectivity index (χ2n) is 6.69. The number of nitrogens with one attached hydrogen (secondary N) is 1. The summed E-state index contributed by atoms with van der Waals surface area (Å²) in [5, 5.41) is 19.7. The lowest BCUT2D eigenvalue weighted by Gasteiger charge is -2.19. The number of anilines is 1. The molecular weight excluding hydrogens is 370 g/mol. The van der Waals surface area contributed by atoms with E-state index in [2.05, 4.69) is 4.98 Å². The van der Waals surface area contributed by atoms with Gasteiger partial charge in [-0.2, -0.15) is 0 Å². The lowest BCUT2D eigenvalue weighted by atomic mass is 10.2. The molecular formula is C22H21N3O2S. The predicted molar refractivity (Wildman–Crippen MR) is 113 cm³/mol. The molecule has 1 aromatic heterocycles. The minimum absolute atomic E-state index is 0.183. The number of amidine groups is 1. The first-order chi connectivity index (χ1) is 13.5. The van der Waals surface area contributed by atoms with Gasteiger partial charge in [-0.25, -0.2) is 4.98 Å². The first-order valence-electron chi connectivity index (χ1n) is 9.02. The zero-order valence-corrected chi connectivity index (χ0v) is 16.6. The summed E-state index contributed by atoms with van der Waals surface area (Å²) in [6.45, 7) is 4.72. The van der Waals surface area contributed by atoms with Crippen LogP contribution < -0.4 is 9.64 Å². The standard InChI is InChI=1S/C22H21N3O2S/c1-14-15(2)28-22(24-14)20-19(26)12-25(21(20)23)17-8-10-18(11-9-17)27-13-16-6-4-3-5-7-16/h3-11,23,26H,12-13H2,1-2H3. The number of nitrogens with zero attached hydrogens (tertiary/aromatic N) is 2. The van der Waals surface area contributed by atoms with Crippen LogP contribution in [-0.2, 0) is 6.61 Å². The number of hydrogen-bond acceptors (Lipinski definition) is 5. The van der Waals surface area contributed by atoms with E-state index < -0.39 is 0 Å². The number of benzene rings is 2. The lowest BCUT2D eigenvalue weighted by molar-refractivity contribution is 0.306. The van der Waals surface area contributed by atoms with Gasteiger partial charge in [0.25, 0.3) is 0 Å². The van der Waals surface area contributed by atoms with Gasteiger partial charge in [0.2, 0.25) is 0 Å². The Bertz CT molecular complexity index is 1020. The molecule has 1 aliphatic rings. The molecule has 2 heterocycles. The van der Waals surface area contributed by atoms with Crippen LogP contribution in [0.15, 0.2) is 60.4 Å². The van der Waals surface area contributed by atoms with Crippen molar-refractivity contribution in [3.05, 3.63) is 81.5 Å². The molecule has 28 heavy (non-hydrogen) atoms. The van der Waals surface area contributed by atoms with Crippen LogP contribution in [0, 0.1) is 19.3 Å². The maximum atomic E-state index is 10.4. The molecule has 2 N–H and O–H groups in total. The highest BCUT2D eigenvalue weighted by molar-refractivity contribution is 7.13. The first-order valence-corrected chi connectivity index (χ1v) is 9.84. The summed E-state index contributed by atoms with van der Waals surface area (Å²) in [7, 11) is 0. The Hall–Kier alpha value is -3.12. The van der Waals surface area contributed by atoms with E-state index in [0.29, 0.717) is 17.2 Å². The van der Waals surface area contributed by atoms with Crippen molar-refractivity contribution in [3.8, 4) is 5.75 Å². The third-order valence-corrected chi connectivity index (χ3v) is 5.83. The predicted octanol–water partition coefficient (Wildman–Crippen LogP) is 5.11. The molecule has 0 saturated heterocycles. The van der Waals surface area contributed by atoms with Gasteiger partial charge in [-0.1, -0.05) is 30.3 Å². The fraction of sp³-hybridized carbons (Fsp3) is 0.182. The fourth-order valence-electron chi connectivity index (χ4n) is 3.07. The minimum Gasteiger partial charge on any atom is -0.510 e. The molecule has 5 nitrogen and oxygen atoms in total. The summed E-state index contributed by atoms with van der Waals surface area (Å²) >= 11 is 1.51. The van der Waals surface area contributed by atoms with Crippen LogP contribution in [0.5, 0.6) is 5.75 Å². The summed E-state index contributed by atoms with van der Waals surface area (Å²) in [6, 6.07) is 17.6. The molecule has 0 unspecified atom stereocenters. The maximum absolute atomic E-state index is 10.4. The molecule has 1 aliphatic heterocycles. The van der Waals surface area contributed by atoms with Gasteiger partial charge in [0.1, 0.15) is 29.0 Å². The molecule has 0 amide bonds. The average molecular weight is 391 g/mol. The molecule has 0 bridgehead atoms. The molecule has 0 atom stereocenters. The van der Waals surface area contributed by atoms with Crippen molar-refractivity contribution in [1.82, 2.24) is 4.98 Å². The van der Waals surface area contributed by atoms with Crippen molar-refractivity contribution < 1.29 is 9.84 Å². The monoisotopic (exact) mass is 391 g/mol. The van der Waals surface area contributed by atoms with E-state index in [1.165, 1.54) is 11.3 Å². The molecule has 4 rings (SSSR count). The Morgan fingerprint density at radius 2 is 1.82 bits per heavy atom. The molecule has 3 aromatic rings. The van der Waals surface area contributed by atoms with Gasteiger partial charge in [-0.3, -0.25) is 5.41 Å². The molecule has 0 aliphatic carbocycles. The van der Waals surface area contributed by atoms with E-state index in [9.17, 15) is 5.11 Å². The van der Waals surface area contributed by atoms with Crippen molar-refractivity contribution in [2.24, 2.45) is 0 Å². The zero-order valence-electron chi connectivity index (χ0n) is 15.8. The Kier molecular flexibility index (Phi) is 4.88. The van der Waals surface area contributed by atoms with Gasteiger partial charge >= 0.3 is 0 Å². The summed E-state index contributed by atoms with van der Waals surface area (Å²) in [5.41, 5.74) is 3.40. The highest BCUT2D eigenvalue weighted by atomic mass is 32.1. The number of rotatable bonds is 5. The topological polar surface area (TPSA) is 69.4 Å². The number of aliphatic hydroxyl groups is 1. The first kappa shape index (κ1) is 18.3. The molecule has 0 fully saturated rings. The normalized spacial score (nSPS) is 14.1. The van der Waals surface area contributed by atoms with Gasteiger partial charge in [-0.05, 0) is 43.7 Å². The third kappa shape index (κ3) is 3.51. The number of hydrogen-bond donors (Lipinski definition) is 2.